The predicted molar refractivity (Wildman–Crippen MR) is 76.6 cm³/mol. The third-order valence-electron chi connectivity index (χ3n) is 6.06. The van der Waals surface area contributed by atoms with Crippen LogP contribution in [0.15, 0.2) is 0 Å². The third kappa shape index (κ3) is 2.35. The number of nitrogens with one attached hydrogen (secondary N) is 1. The van der Waals surface area contributed by atoms with Crippen LogP contribution in [0.2, 0.25) is 0 Å². The molecule has 0 aromatic carbocycles. The van der Waals surface area contributed by atoms with Crippen LogP contribution in [-0.2, 0) is 14.3 Å². The van der Waals surface area contributed by atoms with Crippen LogP contribution in [0.25, 0.3) is 0 Å². The van der Waals surface area contributed by atoms with Crippen molar-refractivity contribution in [2.24, 2.45) is 29.6 Å². The van der Waals surface area contributed by atoms with Gasteiger partial charge in [-0.15, -0.1) is 0 Å². The SMILES string of the molecule is CC1OC(C)C(C(=O)NC2C3CCC(C3)C2C(=O)O)C1C. The lowest BCUT2D eigenvalue weighted by molar-refractivity contribution is -0.145. The number of carbonyl (C=O) groups is 2. The summed E-state index contributed by atoms with van der Waals surface area (Å²) in [5.74, 6) is -0.613. The fourth-order valence-corrected chi connectivity index (χ4v) is 4.83. The number of carbonyl (C=O) groups excluding carboxylic acids is 1. The Bertz CT molecular complexity index is 452. The maximum Gasteiger partial charge on any atom is 0.308 e. The Kier molecular flexibility index (Phi) is 3.72. The number of amides is 1. The minimum absolute atomic E-state index is 0.0249. The highest BCUT2D eigenvalue weighted by atomic mass is 16.5. The number of aliphatic carboxylic acids is 1. The molecule has 2 bridgehead atoms. The zero-order chi connectivity index (χ0) is 15.3. The summed E-state index contributed by atoms with van der Waals surface area (Å²) in [5, 5.41) is 12.5. The van der Waals surface area contributed by atoms with Crippen LogP contribution in [0.1, 0.15) is 40.0 Å². The molecule has 3 rings (SSSR count). The maximum atomic E-state index is 12.6. The van der Waals surface area contributed by atoms with Gasteiger partial charge < -0.3 is 15.2 Å². The average molecular weight is 295 g/mol. The monoisotopic (exact) mass is 295 g/mol. The molecule has 2 aliphatic carbocycles. The Balaban J connectivity index is 1.71. The first-order valence-corrected chi connectivity index (χ1v) is 8.08. The van der Waals surface area contributed by atoms with Crippen molar-refractivity contribution in [2.75, 3.05) is 0 Å². The molecule has 0 radical (unpaired) electrons. The Hall–Kier alpha value is -1.10. The van der Waals surface area contributed by atoms with Crippen molar-refractivity contribution in [2.45, 2.75) is 58.3 Å². The minimum Gasteiger partial charge on any atom is -0.481 e. The zero-order valence-corrected chi connectivity index (χ0v) is 12.9. The molecule has 21 heavy (non-hydrogen) atoms. The molecule has 1 amide bonds. The predicted octanol–water partition coefficient (Wildman–Crippen LogP) is 1.66. The van der Waals surface area contributed by atoms with Crippen molar-refractivity contribution in [1.82, 2.24) is 5.32 Å². The first-order chi connectivity index (χ1) is 9.90. The van der Waals surface area contributed by atoms with Crippen LogP contribution in [0.5, 0.6) is 0 Å². The van der Waals surface area contributed by atoms with Crippen molar-refractivity contribution in [3.05, 3.63) is 0 Å². The van der Waals surface area contributed by atoms with E-state index in [1.165, 1.54) is 0 Å². The van der Waals surface area contributed by atoms with Crippen LogP contribution >= 0.6 is 0 Å². The van der Waals surface area contributed by atoms with Crippen molar-refractivity contribution < 1.29 is 19.4 Å². The van der Waals surface area contributed by atoms with Crippen LogP contribution in [0, 0.1) is 29.6 Å². The zero-order valence-electron chi connectivity index (χ0n) is 12.9. The number of carboxylic acid groups (broad SMARTS) is 1. The maximum absolute atomic E-state index is 12.6. The smallest absolute Gasteiger partial charge is 0.308 e. The van der Waals surface area contributed by atoms with Crippen molar-refractivity contribution in [3.8, 4) is 0 Å². The summed E-state index contributed by atoms with van der Waals surface area (Å²) in [7, 11) is 0. The fraction of sp³-hybridized carbons (Fsp3) is 0.875. The Morgan fingerprint density at radius 3 is 2.29 bits per heavy atom. The van der Waals surface area contributed by atoms with E-state index < -0.39 is 11.9 Å². The molecule has 2 N–H and O–H groups in total. The number of fused-ring (bicyclic) bond motifs is 2. The summed E-state index contributed by atoms with van der Waals surface area (Å²) in [4.78, 5) is 24.1. The second-order valence-electron chi connectivity index (χ2n) is 7.16. The van der Waals surface area contributed by atoms with Gasteiger partial charge in [0.25, 0.3) is 0 Å². The molecule has 3 fully saturated rings. The molecule has 0 aromatic rings. The highest BCUT2D eigenvalue weighted by Gasteiger charge is 2.52. The standard InChI is InChI=1S/C16H25NO4/c1-7-8(2)21-9(3)12(7)15(18)17-14-11-5-4-10(6-11)13(14)16(19)20/h7-14H,4-6H2,1-3H3,(H,17,18)(H,19,20). The van der Waals surface area contributed by atoms with Crippen molar-refractivity contribution in [3.63, 3.8) is 0 Å². The second kappa shape index (κ2) is 5.27. The van der Waals surface area contributed by atoms with E-state index in [0.717, 1.165) is 19.3 Å². The summed E-state index contributed by atoms with van der Waals surface area (Å²) < 4.78 is 5.73. The van der Waals surface area contributed by atoms with E-state index in [1.807, 2.05) is 20.8 Å². The van der Waals surface area contributed by atoms with Gasteiger partial charge in [0.05, 0.1) is 24.0 Å². The number of rotatable bonds is 3. The van der Waals surface area contributed by atoms with Crippen molar-refractivity contribution >= 4 is 11.9 Å². The van der Waals surface area contributed by atoms with Gasteiger partial charge in [-0.25, -0.2) is 0 Å². The van der Waals surface area contributed by atoms with E-state index in [-0.39, 0.29) is 41.9 Å². The molecule has 8 atom stereocenters. The van der Waals surface area contributed by atoms with Crippen molar-refractivity contribution in [1.29, 1.82) is 0 Å². The van der Waals surface area contributed by atoms with Crippen LogP contribution in [0.4, 0.5) is 0 Å². The van der Waals surface area contributed by atoms with E-state index in [0.29, 0.717) is 5.92 Å². The lowest BCUT2D eigenvalue weighted by Crippen LogP contribution is -2.50. The molecule has 5 heteroatoms. The van der Waals surface area contributed by atoms with E-state index in [9.17, 15) is 14.7 Å². The number of hydrogen-bond donors (Lipinski definition) is 2. The molecular formula is C16H25NO4. The van der Waals surface area contributed by atoms with Crippen LogP contribution < -0.4 is 5.32 Å². The highest BCUT2D eigenvalue weighted by molar-refractivity contribution is 5.81. The molecule has 8 unspecified atom stereocenters. The molecule has 0 aromatic heterocycles. The Morgan fingerprint density at radius 1 is 1.05 bits per heavy atom. The normalized spacial score (nSPS) is 48.5. The quantitative estimate of drug-likeness (QED) is 0.830. The Labute approximate surface area is 125 Å². The van der Waals surface area contributed by atoms with Gasteiger partial charge in [0.15, 0.2) is 0 Å². The summed E-state index contributed by atoms with van der Waals surface area (Å²) in [6, 6.07) is -0.191. The molecule has 2 saturated carbocycles. The van der Waals surface area contributed by atoms with E-state index >= 15 is 0 Å². The van der Waals surface area contributed by atoms with Gasteiger partial charge in [-0.1, -0.05) is 6.92 Å². The molecule has 1 heterocycles. The molecule has 0 spiro atoms. The van der Waals surface area contributed by atoms with Gasteiger partial charge >= 0.3 is 5.97 Å². The molecule has 5 nitrogen and oxygen atoms in total. The van der Waals surface area contributed by atoms with Gasteiger partial charge in [0.1, 0.15) is 0 Å². The number of hydrogen-bond acceptors (Lipinski definition) is 3. The molecule has 3 aliphatic rings. The van der Waals surface area contributed by atoms with Crippen LogP contribution in [-0.4, -0.2) is 35.2 Å². The minimum atomic E-state index is -0.760. The molecular weight excluding hydrogens is 270 g/mol. The summed E-state index contributed by atoms with van der Waals surface area (Å²) in [5.41, 5.74) is 0. The topological polar surface area (TPSA) is 75.6 Å². The molecule has 118 valence electrons. The van der Waals surface area contributed by atoms with E-state index in [1.54, 1.807) is 0 Å². The van der Waals surface area contributed by atoms with Gasteiger partial charge in [-0.2, -0.15) is 0 Å². The molecule has 1 aliphatic heterocycles. The Morgan fingerprint density at radius 2 is 1.71 bits per heavy atom. The number of carboxylic acids is 1. The first-order valence-electron chi connectivity index (χ1n) is 8.08. The lowest BCUT2D eigenvalue weighted by atomic mass is 9.83. The van der Waals surface area contributed by atoms with Gasteiger partial charge in [0.2, 0.25) is 5.91 Å². The first kappa shape index (κ1) is 14.8. The van der Waals surface area contributed by atoms with E-state index in [2.05, 4.69) is 5.32 Å². The van der Waals surface area contributed by atoms with Gasteiger partial charge in [-0.05, 0) is 50.9 Å². The summed E-state index contributed by atoms with van der Waals surface area (Å²) in [6.07, 6.45) is 2.96. The fourth-order valence-electron chi connectivity index (χ4n) is 4.83. The van der Waals surface area contributed by atoms with Gasteiger partial charge in [0, 0.05) is 6.04 Å². The number of ether oxygens (including phenoxy) is 1. The summed E-state index contributed by atoms with van der Waals surface area (Å²) in [6.45, 7) is 5.96. The summed E-state index contributed by atoms with van der Waals surface area (Å²) >= 11 is 0. The molecule has 1 saturated heterocycles. The lowest BCUT2D eigenvalue weighted by Gasteiger charge is -2.30. The second-order valence-corrected chi connectivity index (χ2v) is 7.16. The highest BCUT2D eigenvalue weighted by Crippen LogP contribution is 2.48. The average Bonchev–Trinajstić information content (AvgIpc) is 3.04. The van der Waals surface area contributed by atoms with Gasteiger partial charge in [-0.3, -0.25) is 9.59 Å². The van der Waals surface area contributed by atoms with E-state index in [4.69, 9.17) is 4.74 Å². The van der Waals surface area contributed by atoms with Crippen LogP contribution in [0.3, 0.4) is 0 Å². The third-order valence-corrected chi connectivity index (χ3v) is 6.06. The largest absolute Gasteiger partial charge is 0.481 e.